The number of carbonyl (C=O) groups excluding carboxylic acids is 2. The summed E-state index contributed by atoms with van der Waals surface area (Å²) in [7, 11) is 0. The van der Waals surface area contributed by atoms with Gasteiger partial charge in [-0.2, -0.15) is 5.10 Å². The second-order valence-electron chi connectivity index (χ2n) is 4.94. The lowest BCUT2D eigenvalue weighted by molar-refractivity contribution is -0.384. The molecule has 1 aromatic heterocycles. The first-order valence-electron chi connectivity index (χ1n) is 7.15. The fourth-order valence-electron chi connectivity index (χ4n) is 1.97. The molecule has 0 saturated carbocycles. The minimum absolute atomic E-state index is 0.0847. The normalized spacial score (nSPS) is 11.1. The molecule has 13 heteroatoms. The molecule has 0 unspecified atom stereocenters. The molecule has 0 spiro atoms. The van der Waals surface area contributed by atoms with Gasteiger partial charge in [0.25, 0.3) is 5.91 Å². The Labute approximate surface area is 153 Å². The van der Waals surface area contributed by atoms with Crippen LogP contribution in [-0.4, -0.2) is 32.8 Å². The van der Waals surface area contributed by atoms with Gasteiger partial charge in [-0.3, -0.25) is 25.0 Å². The van der Waals surface area contributed by atoms with E-state index in [1.54, 1.807) is 0 Å². The summed E-state index contributed by atoms with van der Waals surface area (Å²) in [6.45, 7) is 1.42. The lowest BCUT2D eigenvalue weighted by atomic mass is 10.3. The summed E-state index contributed by atoms with van der Waals surface area (Å²) in [5.41, 5.74) is -0.725. The molecule has 9 nitrogen and oxygen atoms in total. The van der Waals surface area contributed by atoms with Gasteiger partial charge in [0.2, 0.25) is 11.6 Å². The Morgan fingerprint density at radius 1 is 1.41 bits per heavy atom. The van der Waals surface area contributed by atoms with Gasteiger partial charge in [-0.15, -0.1) is 13.2 Å². The molecular weight excluding hydrogens is 397 g/mol. The van der Waals surface area contributed by atoms with E-state index in [2.05, 4.69) is 15.2 Å². The number of aromatic nitrogens is 2. The molecule has 0 aliphatic carbocycles. The number of halogens is 4. The second-order valence-corrected chi connectivity index (χ2v) is 5.35. The van der Waals surface area contributed by atoms with Gasteiger partial charge < -0.3 is 4.74 Å². The predicted molar refractivity (Wildman–Crippen MR) is 85.8 cm³/mol. The highest BCUT2D eigenvalue weighted by atomic mass is 35.5. The number of carbonyl (C=O) groups is 2. The number of anilines is 1. The number of ether oxygens (including phenoxy) is 1. The highest BCUT2D eigenvalue weighted by molar-refractivity contribution is 6.40. The number of nitro groups is 1. The van der Waals surface area contributed by atoms with Crippen molar-refractivity contribution in [1.82, 2.24) is 9.78 Å². The SMILES string of the molecule is CCC(=O)C(=O)Nc1c([N+](=O)[O-])cnn1-c1ccc(OC(F)(F)F)cc1Cl. The summed E-state index contributed by atoms with van der Waals surface area (Å²) in [6.07, 6.45) is -4.28. The largest absolute Gasteiger partial charge is 0.573 e. The van der Waals surface area contributed by atoms with Crippen LogP contribution in [0.2, 0.25) is 5.02 Å². The van der Waals surface area contributed by atoms with Crippen molar-refractivity contribution in [2.45, 2.75) is 19.7 Å². The number of hydrogen-bond donors (Lipinski definition) is 1. The van der Waals surface area contributed by atoms with Crippen molar-refractivity contribution in [3.63, 3.8) is 0 Å². The van der Waals surface area contributed by atoms with Crippen LogP contribution in [0.25, 0.3) is 5.69 Å². The lowest BCUT2D eigenvalue weighted by Crippen LogP contribution is -2.24. The number of ketones is 1. The van der Waals surface area contributed by atoms with Gasteiger partial charge in [-0.25, -0.2) is 4.68 Å². The summed E-state index contributed by atoms with van der Waals surface area (Å²) < 4.78 is 41.3. The second kappa shape index (κ2) is 7.61. The van der Waals surface area contributed by atoms with E-state index < -0.39 is 40.2 Å². The Balaban J connectivity index is 2.48. The molecular formula is C14H10ClF3N4O5. The van der Waals surface area contributed by atoms with Crippen LogP contribution in [-0.2, 0) is 9.59 Å². The van der Waals surface area contributed by atoms with Crippen LogP contribution < -0.4 is 10.1 Å². The standard InChI is InChI=1S/C14H10ClF3N4O5/c1-2-11(23)13(24)20-12-10(22(25)26)6-19-21(12)9-4-3-7(5-8(9)15)27-14(16,17)18/h3-6H,2H2,1H3,(H,20,24). The maximum atomic E-state index is 12.3. The van der Waals surface area contributed by atoms with Gasteiger partial charge >= 0.3 is 12.0 Å². The Bertz CT molecular complexity index is 913. The molecule has 0 aliphatic rings. The van der Waals surface area contributed by atoms with Crippen LogP contribution in [0.15, 0.2) is 24.4 Å². The third-order valence-corrected chi connectivity index (χ3v) is 3.44. The van der Waals surface area contributed by atoms with Gasteiger partial charge in [0.1, 0.15) is 11.9 Å². The third-order valence-electron chi connectivity index (χ3n) is 3.13. The molecule has 27 heavy (non-hydrogen) atoms. The monoisotopic (exact) mass is 406 g/mol. The minimum atomic E-state index is -4.94. The first kappa shape index (κ1) is 20.2. The number of nitrogens with zero attached hydrogens (tertiary/aromatic N) is 3. The molecule has 2 rings (SSSR count). The molecule has 1 aromatic carbocycles. The highest BCUT2D eigenvalue weighted by Gasteiger charge is 2.32. The maximum absolute atomic E-state index is 12.3. The summed E-state index contributed by atoms with van der Waals surface area (Å²) in [4.78, 5) is 33.5. The minimum Gasteiger partial charge on any atom is -0.406 e. The van der Waals surface area contributed by atoms with E-state index in [1.807, 2.05) is 0 Å². The molecule has 0 bridgehead atoms. The molecule has 0 radical (unpaired) electrons. The van der Waals surface area contributed by atoms with Crippen LogP contribution in [0.4, 0.5) is 24.7 Å². The highest BCUT2D eigenvalue weighted by Crippen LogP contribution is 2.33. The first-order chi connectivity index (χ1) is 12.5. The third kappa shape index (κ3) is 4.73. The topological polar surface area (TPSA) is 116 Å². The van der Waals surface area contributed by atoms with E-state index in [1.165, 1.54) is 6.92 Å². The van der Waals surface area contributed by atoms with E-state index in [0.717, 1.165) is 29.1 Å². The molecule has 2 aromatic rings. The molecule has 1 N–H and O–H groups in total. The molecule has 144 valence electrons. The fourth-order valence-corrected chi connectivity index (χ4v) is 2.22. The average Bonchev–Trinajstić information content (AvgIpc) is 2.96. The first-order valence-corrected chi connectivity index (χ1v) is 7.53. The van der Waals surface area contributed by atoms with Crippen molar-refractivity contribution in [1.29, 1.82) is 0 Å². The van der Waals surface area contributed by atoms with E-state index in [9.17, 15) is 32.9 Å². The van der Waals surface area contributed by atoms with Crippen molar-refractivity contribution >= 4 is 34.8 Å². The number of nitrogens with one attached hydrogen (secondary N) is 1. The zero-order chi connectivity index (χ0) is 20.4. The van der Waals surface area contributed by atoms with Crippen molar-refractivity contribution in [3.8, 4) is 11.4 Å². The Hall–Kier alpha value is -3.15. The number of alkyl halides is 3. The Morgan fingerprint density at radius 2 is 2.07 bits per heavy atom. The van der Waals surface area contributed by atoms with Gasteiger partial charge in [0.15, 0.2) is 0 Å². The van der Waals surface area contributed by atoms with Gasteiger partial charge in [-0.1, -0.05) is 18.5 Å². The summed E-state index contributed by atoms with van der Waals surface area (Å²) in [6, 6.07) is 2.78. The smallest absolute Gasteiger partial charge is 0.406 e. The summed E-state index contributed by atoms with van der Waals surface area (Å²) in [5.74, 6) is -3.05. The fraction of sp³-hybridized carbons (Fsp3) is 0.214. The van der Waals surface area contributed by atoms with Gasteiger partial charge in [0.05, 0.1) is 15.6 Å². The van der Waals surface area contributed by atoms with Crippen LogP contribution in [0.3, 0.4) is 0 Å². The van der Waals surface area contributed by atoms with Gasteiger partial charge in [-0.05, 0) is 12.1 Å². The van der Waals surface area contributed by atoms with Crippen LogP contribution in [0, 0.1) is 10.1 Å². The molecule has 0 saturated heterocycles. The number of hydrogen-bond acceptors (Lipinski definition) is 6. The quantitative estimate of drug-likeness (QED) is 0.447. The molecule has 0 atom stereocenters. The van der Waals surface area contributed by atoms with Crippen molar-refractivity contribution in [2.24, 2.45) is 0 Å². The number of benzene rings is 1. The van der Waals surface area contributed by atoms with Crippen molar-refractivity contribution in [2.75, 3.05) is 5.32 Å². The van der Waals surface area contributed by atoms with E-state index >= 15 is 0 Å². The average molecular weight is 407 g/mol. The zero-order valence-corrected chi connectivity index (χ0v) is 14.2. The van der Waals surface area contributed by atoms with Crippen LogP contribution >= 0.6 is 11.6 Å². The molecule has 1 amide bonds. The summed E-state index contributed by atoms with van der Waals surface area (Å²) in [5, 5.41) is 16.6. The lowest BCUT2D eigenvalue weighted by Gasteiger charge is -2.12. The Morgan fingerprint density at radius 3 is 2.59 bits per heavy atom. The maximum Gasteiger partial charge on any atom is 0.573 e. The number of amides is 1. The van der Waals surface area contributed by atoms with Gasteiger partial charge in [0, 0.05) is 12.5 Å². The Kier molecular flexibility index (Phi) is 5.69. The zero-order valence-electron chi connectivity index (χ0n) is 13.4. The van der Waals surface area contributed by atoms with Crippen LogP contribution in [0.1, 0.15) is 13.3 Å². The van der Waals surface area contributed by atoms with E-state index in [4.69, 9.17) is 11.6 Å². The van der Waals surface area contributed by atoms with Crippen molar-refractivity contribution in [3.05, 3.63) is 39.5 Å². The van der Waals surface area contributed by atoms with E-state index in [-0.39, 0.29) is 17.1 Å². The number of rotatable bonds is 6. The number of Topliss-reactive ketones (excluding diaryl/α,β-unsaturated/α-hetero) is 1. The summed E-state index contributed by atoms with van der Waals surface area (Å²) >= 11 is 5.92. The van der Waals surface area contributed by atoms with E-state index in [0.29, 0.717) is 0 Å². The molecule has 0 fully saturated rings. The van der Waals surface area contributed by atoms with Crippen molar-refractivity contribution < 1.29 is 32.4 Å². The van der Waals surface area contributed by atoms with Crippen LogP contribution in [0.5, 0.6) is 5.75 Å². The molecule has 1 heterocycles. The molecule has 0 aliphatic heterocycles. The predicted octanol–water partition coefficient (Wildman–Crippen LogP) is 3.25.